The van der Waals surface area contributed by atoms with E-state index in [0.29, 0.717) is 0 Å². The standard InChI is InChI=1S/C8H14N4O4/c1-4(2-13)16-8(15)12-7(14)5-6(9)11-3-10-5/h3-4,8,13,15H,2,9H2,1H3,(H,10,11)(H,12,14). The van der Waals surface area contributed by atoms with Gasteiger partial charge in [-0.3, -0.25) is 4.79 Å². The fraction of sp³-hybridized carbons (Fsp3) is 0.500. The third-order valence-corrected chi connectivity index (χ3v) is 1.76. The Morgan fingerprint density at radius 3 is 3.00 bits per heavy atom. The lowest BCUT2D eigenvalue weighted by Crippen LogP contribution is -2.39. The van der Waals surface area contributed by atoms with Gasteiger partial charge in [-0.25, -0.2) is 4.98 Å². The van der Waals surface area contributed by atoms with Gasteiger partial charge in [-0.1, -0.05) is 0 Å². The molecule has 0 aliphatic rings. The predicted octanol–water partition coefficient (Wildman–Crippen LogP) is -1.60. The van der Waals surface area contributed by atoms with Gasteiger partial charge in [-0.05, 0) is 6.92 Å². The minimum absolute atomic E-state index is 0.0284. The normalized spacial score (nSPS) is 14.4. The van der Waals surface area contributed by atoms with Crippen molar-refractivity contribution in [2.45, 2.75) is 19.4 Å². The summed E-state index contributed by atoms with van der Waals surface area (Å²) in [6, 6.07) is 0. The van der Waals surface area contributed by atoms with Gasteiger partial charge in [0.15, 0.2) is 5.69 Å². The summed E-state index contributed by atoms with van der Waals surface area (Å²) in [4.78, 5) is 17.6. The van der Waals surface area contributed by atoms with Gasteiger partial charge in [-0.2, -0.15) is 0 Å². The Bertz CT molecular complexity index is 354. The molecule has 0 spiro atoms. The molecule has 0 radical (unpaired) electrons. The molecule has 1 heterocycles. The van der Waals surface area contributed by atoms with Gasteiger partial charge in [0, 0.05) is 0 Å². The number of nitrogens with one attached hydrogen (secondary N) is 2. The van der Waals surface area contributed by atoms with Crippen LogP contribution in [0, 0.1) is 0 Å². The number of aromatic nitrogens is 2. The first-order chi connectivity index (χ1) is 7.54. The number of nitrogens with zero attached hydrogens (tertiary/aromatic N) is 1. The highest BCUT2D eigenvalue weighted by Gasteiger charge is 2.17. The second-order valence-electron chi connectivity index (χ2n) is 3.12. The van der Waals surface area contributed by atoms with Crippen molar-refractivity contribution in [3.05, 3.63) is 12.0 Å². The molecule has 16 heavy (non-hydrogen) atoms. The van der Waals surface area contributed by atoms with Crippen LogP contribution < -0.4 is 11.1 Å². The van der Waals surface area contributed by atoms with Crippen molar-refractivity contribution < 1.29 is 19.7 Å². The van der Waals surface area contributed by atoms with Gasteiger partial charge in [0.05, 0.1) is 19.0 Å². The number of hydrogen-bond donors (Lipinski definition) is 5. The van der Waals surface area contributed by atoms with Gasteiger partial charge in [0.25, 0.3) is 5.91 Å². The first-order valence-electron chi connectivity index (χ1n) is 4.58. The number of amides is 1. The van der Waals surface area contributed by atoms with Crippen LogP contribution in [0.15, 0.2) is 6.33 Å². The maximum Gasteiger partial charge on any atom is 0.277 e. The molecule has 90 valence electrons. The van der Waals surface area contributed by atoms with Gasteiger partial charge < -0.3 is 31.0 Å². The minimum Gasteiger partial charge on any atom is -0.394 e. The SMILES string of the molecule is CC(CO)OC(O)NC(=O)c1nc[nH]c1N. The number of rotatable bonds is 5. The lowest BCUT2D eigenvalue weighted by Gasteiger charge is -2.16. The molecule has 1 rings (SSSR count). The number of carbonyl (C=O) groups excluding carboxylic acids is 1. The summed E-state index contributed by atoms with van der Waals surface area (Å²) in [7, 11) is 0. The zero-order valence-electron chi connectivity index (χ0n) is 8.67. The Labute approximate surface area is 91.4 Å². The lowest BCUT2D eigenvalue weighted by molar-refractivity contribution is -0.151. The third kappa shape index (κ3) is 3.19. The molecular weight excluding hydrogens is 216 g/mol. The summed E-state index contributed by atoms with van der Waals surface area (Å²) in [6.45, 7) is 1.27. The van der Waals surface area contributed by atoms with Gasteiger partial charge in [-0.15, -0.1) is 0 Å². The zero-order chi connectivity index (χ0) is 12.1. The molecule has 0 saturated carbocycles. The van der Waals surface area contributed by atoms with Crippen molar-refractivity contribution in [3.8, 4) is 0 Å². The van der Waals surface area contributed by atoms with E-state index in [1.54, 1.807) is 0 Å². The summed E-state index contributed by atoms with van der Waals surface area (Å²) >= 11 is 0. The Kier molecular flexibility index (Phi) is 4.23. The molecule has 0 bridgehead atoms. The molecule has 0 aliphatic carbocycles. The van der Waals surface area contributed by atoms with Crippen molar-refractivity contribution in [1.82, 2.24) is 15.3 Å². The molecule has 0 aliphatic heterocycles. The summed E-state index contributed by atoms with van der Waals surface area (Å²) < 4.78 is 4.80. The van der Waals surface area contributed by atoms with Crippen LogP contribution in [-0.2, 0) is 4.74 Å². The van der Waals surface area contributed by atoms with E-state index < -0.39 is 18.4 Å². The Hall–Kier alpha value is -1.64. The number of hydrogen-bond acceptors (Lipinski definition) is 6. The van der Waals surface area contributed by atoms with Gasteiger partial charge in [0.1, 0.15) is 5.82 Å². The van der Waals surface area contributed by atoms with Gasteiger partial charge >= 0.3 is 0 Å². The first kappa shape index (κ1) is 12.4. The lowest BCUT2D eigenvalue weighted by atomic mass is 10.4. The van der Waals surface area contributed by atoms with Crippen LogP contribution in [0.1, 0.15) is 17.4 Å². The number of nitrogens with two attached hydrogens (primary N) is 1. The van der Waals surface area contributed by atoms with Crippen molar-refractivity contribution in [2.75, 3.05) is 12.3 Å². The number of aliphatic hydroxyl groups excluding tert-OH is 2. The Morgan fingerprint density at radius 2 is 2.50 bits per heavy atom. The summed E-state index contributed by atoms with van der Waals surface area (Å²) in [5, 5.41) is 20.0. The monoisotopic (exact) mass is 230 g/mol. The number of nitrogen functional groups attached to an aromatic ring is 1. The number of aliphatic hydroxyl groups is 2. The molecule has 1 amide bonds. The van der Waals surface area contributed by atoms with E-state index in [9.17, 15) is 9.90 Å². The molecule has 2 unspecified atom stereocenters. The van der Waals surface area contributed by atoms with Gasteiger partial charge in [0.2, 0.25) is 6.41 Å². The third-order valence-electron chi connectivity index (χ3n) is 1.76. The Morgan fingerprint density at radius 1 is 1.81 bits per heavy atom. The maximum absolute atomic E-state index is 11.4. The van der Waals surface area contributed by atoms with Crippen LogP contribution in [0.3, 0.4) is 0 Å². The molecule has 1 aromatic rings. The zero-order valence-corrected chi connectivity index (χ0v) is 8.67. The van der Waals surface area contributed by atoms with E-state index in [1.165, 1.54) is 13.3 Å². The topological polar surface area (TPSA) is 133 Å². The highest BCUT2D eigenvalue weighted by Crippen LogP contribution is 2.04. The van der Waals surface area contributed by atoms with Crippen LogP contribution in [0.2, 0.25) is 0 Å². The summed E-state index contributed by atoms with van der Waals surface area (Å²) in [5.74, 6) is -0.573. The molecule has 8 nitrogen and oxygen atoms in total. The number of H-pyrrole nitrogens is 1. The van der Waals surface area contributed by atoms with Crippen molar-refractivity contribution in [2.24, 2.45) is 0 Å². The smallest absolute Gasteiger partial charge is 0.277 e. The summed E-state index contributed by atoms with van der Waals surface area (Å²) in [6.07, 6.45) is -0.856. The van der Waals surface area contributed by atoms with Crippen molar-refractivity contribution >= 4 is 11.7 Å². The molecule has 0 aromatic carbocycles. The van der Waals surface area contributed by atoms with E-state index in [1.807, 2.05) is 0 Å². The predicted molar refractivity (Wildman–Crippen MR) is 54.1 cm³/mol. The maximum atomic E-state index is 11.4. The van der Waals surface area contributed by atoms with Crippen LogP contribution in [-0.4, -0.2) is 45.2 Å². The molecule has 0 fully saturated rings. The number of carbonyl (C=O) groups is 1. The molecule has 2 atom stereocenters. The summed E-state index contributed by atoms with van der Waals surface area (Å²) in [5.41, 5.74) is 5.37. The number of aromatic amines is 1. The first-order valence-corrected chi connectivity index (χ1v) is 4.58. The number of anilines is 1. The average molecular weight is 230 g/mol. The molecule has 1 aromatic heterocycles. The fourth-order valence-corrected chi connectivity index (χ4v) is 0.963. The molecule has 0 saturated heterocycles. The number of ether oxygens (including phenoxy) is 1. The van der Waals surface area contributed by atoms with Crippen LogP contribution in [0.5, 0.6) is 0 Å². The molecular formula is C8H14N4O4. The van der Waals surface area contributed by atoms with Crippen molar-refractivity contribution in [3.63, 3.8) is 0 Å². The van der Waals surface area contributed by atoms with E-state index in [0.717, 1.165) is 0 Å². The van der Waals surface area contributed by atoms with E-state index in [4.69, 9.17) is 15.6 Å². The van der Waals surface area contributed by atoms with Crippen LogP contribution >= 0.6 is 0 Å². The quantitative estimate of drug-likeness (QED) is 0.387. The van der Waals surface area contributed by atoms with Crippen molar-refractivity contribution in [1.29, 1.82) is 0 Å². The van der Waals surface area contributed by atoms with Crippen LogP contribution in [0.25, 0.3) is 0 Å². The Balaban J connectivity index is 2.49. The van der Waals surface area contributed by atoms with E-state index in [2.05, 4.69) is 15.3 Å². The van der Waals surface area contributed by atoms with E-state index in [-0.39, 0.29) is 18.1 Å². The number of imidazole rings is 1. The minimum atomic E-state index is -1.52. The highest BCUT2D eigenvalue weighted by atomic mass is 16.6. The highest BCUT2D eigenvalue weighted by molar-refractivity contribution is 5.96. The average Bonchev–Trinajstić information content (AvgIpc) is 2.63. The molecule has 6 N–H and O–H groups in total. The second-order valence-corrected chi connectivity index (χ2v) is 3.12. The van der Waals surface area contributed by atoms with E-state index >= 15 is 0 Å². The largest absolute Gasteiger partial charge is 0.394 e. The molecule has 8 heteroatoms. The fourth-order valence-electron chi connectivity index (χ4n) is 0.963. The van der Waals surface area contributed by atoms with Crippen LogP contribution in [0.4, 0.5) is 5.82 Å². The second kappa shape index (κ2) is 5.45.